The lowest BCUT2D eigenvalue weighted by Crippen LogP contribution is -2.43. The highest BCUT2D eigenvalue weighted by Crippen LogP contribution is 2.27. The predicted molar refractivity (Wildman–Crippen MR) is 123 cm³/mol. The number of rotatable bonds is 8. The first-order valence-electron chi connectivity index (χ1n) is 10.3. The first kappa shape index (κ1) is 25.3. The topological polar surface area (TPSA) is 141 Å². The summed E-state index contributed by atoms with van der Waals surface area (Å²) in [5, 5.41) is 11.0. The van der Waals surface area contributed by atoms with E-state index in [4.69, 9.17) is 16.3 Å². The number of hydrogen-bond acceptors (Lipinski definition) is 8. The summed E-state index contributed by atoms with van der Waals surface area (Å²) in [6.07, 6.45) is 0.320. The number of benzene rings is 2. The van der Waals surface area contributed by atoms with Gasteiger partial charge in [0.1, 0.15) is 5.02 Å². The number of esters is 1. The van der Waals surface area contributed by atoms with Crippen LogP contribution in [0.25, 0.3) is 0 Å². The van der Waals surface area contributed by atoms with Gasteiger partial charge >= 0.3 is 5.97 Å². The van der Waals surface area contributed by atoms with Crippen molar-refractivity contribution in [3.63, 3.8) is 0 Å². The lowest BCUT2D eigenvalue weighted by molar-refractivity contribution is -0.384. The van der Waals surface area contributed by atoms with Crippen molar-refractivity contribution in [3.8, 4) is 0 Å². The van der Waals surface area contributed by atoms with Crippen molar-refractivity contribution in [2.45, 2.75) is 19.4 Å². The monoisotopic (exact) mass is 508 g/mol. The van der Waals surface area contributed by atoms with Crippen molar-refractivity contribution >= 4 is 44.8 Å². The number of nitro groups is 1. The van der Waals surface area contributed by atoms with Crippen molar-refractivity contribution < 1.29 is 32.5 Å². The second kappa shape index (κ2) is 10.3. The van der Waals surface area contributed by atoms with E-state index in [1.165, 1.54) is 41.3 Å². The molecule has 0 spiro atoms. The van der Waals surface area contributed by atoms with Crippen LogP contribution >= 0.6 is 11.6 Å². The Hall–Kier alpha value is -3.31. The van der Waals surface area contributed by atoms with Crippen LogP contribution in [0.4, 0.5) is 5.69 Å². The van der Waals surface area contributed by atoms with Gasteiger partial charge in [0.15, 0.2) is 22.2 Å². The Morgan fingerprint density at radius 3 is 2.44 bits per heavy atom. The predicted octanol–water partition coefficient (Wildman–Crippen LogP) is 2.67. The van der Waals surface area contributed by atoms with E-state index in [1.54, 1.807) is 6.92 Å². The average molecular weight is 509 g/mol. The summed E-state index contributed by atoms with van der Waals surface area (Å²) < 4.78 is 28.6. The molecule has 2 aromatic carbocycles. The number of sulfone groups is 1. The van der Waals surface area contributed by atoms with Crippen LogP contribution in [-0.4, -0.2) is 66.6 Å². The number of halogens is 1. The lowest BCUT2D eigenvalue weighted by Gasteiger charge is -2.26. The summed E-state index contributed by atoms with van der Waals surface area (Å²) in [6, 6.07) is 8.78. The standard InChI is InChI=1S/C22H21ClN2O8S/c1-2-24(15-9-10-34(31,32)13-15)20(26)12-33-22(28)17-6-4-3-5-16(17)21(27)14-7-8-18(23)19(11-14)25(29)30/h3-8,11,15H,2,9-10,12-13H2,1H3/t15-/m1/s1. The maximum Gasteiger partial charge on any atom is 0.339 e. The largest absolute Gasteiger partial charge is 0.452 e. The minimum atomic E-state index is -3.20. The number of hydrogen-bond donors (Lipinski definition) is 0. The molecule has 10 nitrogen and oxygen atoms in total. The zero-order valence-corrected chi connectivity index (χ0v) is 19.7. The molecule has 1 atom stereocenters. The smallest absolute Gasteiger partial charge is 0.339 e. The third kappa shape index (κ3) is 5.60. The summed E-state index contributed by atoms with van der Waals surface area (Å²) in [4.78, 5) is 50.0. The summed E-state index contributed by atoms with van der Waals surface area (Å²) in [5.74, 6) is -2.28. The van der Waals surface area contributed by atoms with Crippen LogP contribution in [0.2, 0.25) is 5.02 Å². The maximum atomic E-state index is 13.0. The van der Waals surface area contributed by atoms with Gasteiger partial charge in [-0.15, -0.1) is 0 Å². The van der Waals surface area contributed by atoms with Gasteiger partial charge in [0.2, 0.25) is 0 Å². The van der Waals surface area contributed by atoms with E-state index in [-0.39, 0.29) is 39.8 Å². The molecule has 0 aliphatic carbocycles. The van der Waals surface area contributed by atoms with Crippen molar-refractivity contribution in [1.29, 1.82) is 0 Å². The number of ether oxygens (including phenoxy) is 1. The number of carbonyl (C=O) groups excluding carboxylic acids is 3. The number of carbonyl (C=O) groups is 3. The highest BCUT2D eigenvalue weighted by molar-refractivity contribution is 7.91. The quantitative estimate of drug-likeness (QED) is 0.229. The SMILES string of the molecule is CCN(C(=O)COC(=O)c1ccccc1C(=O)c1ccc(Cl)c([N+](=O)[O-])c1)[C@@H]1CCS(=O)(=O)C1. The molecule has 3 rings (SSSR count). The zero-order valence-electron chi connectivity index (χ0n) is 18.1. The van der Waals surface area contributed by atoms with Gasteiger partial charge in [-0.1, -0.05) is 29.8 Å². The maximum absolute atomic E-state index is 13.0. The summed E-state index contributed by atoms with van der Waals surface area (Å²) in [5.41, 5.74) is -0.686. The van der Waals surface area contributed by atoms with Crippen molar-refractivity contribution in [3.05, 3.63) is 74.3 Å². The van der Waals surface area contributed by atoms with Gasteiger partial charge in [-0.3, -0.25) is 19.7 Å². The third-order valence-corrected chi connectivity index (χ3v) is 7.50. The molecule has 0 radical (unpaired) electrons. The molecule has 0 bridgehead atoms. The molecule has 1 fully saturated rings. The number of likely N-dealkylation sites (N-methyl/N-ethyl adjacent to an activating group) is 1. The second-order valence-electron chi connectivity index (χ2n) is 7.61. The molecule has 1 heterocycles. The van der Waals surface area contributed by atoms with Crippen molar-refractivity contribution in [2.75, 3.05) is 24.7 Å². The number of nitro benzene ring substituents is 1. The lowest BCUT2D eigenvalue weighted by atomic mass is 9.98. The van der Waals surface area contributed by atoms with Gasteiger partial charge in [0.05, 0.1) is 22.0 Å². The van der Waals surface area contributed by atoms with Gasteiger partial charge < -0.3 is 9.64 Å². The van der Waals surface area contributed by atoms with Gasteiger partial charge in [0, 0.05) is 29.8 Å². The van der Waals surface area contributed by atoms with E-state index in [1.807, 2.05) is 0 Å². The van der Waals surface area contributed by atoms with E-state index in [2.05, 4.69) is 0 Å². The minimum absolute atomic E-state index is 0.000416. The Bertz CT molecular complexity index is 1260. The van der Waals surface area contributed by atoms with Crippen LogP contribution in [0.3, 0.4) is 0 Å². The van der Waals surface area contributed by atoms with Gasteiger partial charge in [-0.2, -0.15) is 0 Å². The van der Waals surface area contributed by atoms with Gasteiger partial charge in [-0.05, 0) is 31.5 Å². The second-order valence-corrected chi connectivity index (χ2v) is 10.2. The molecule has 1 aliphatic heterocycles. The van der Waals surface area contributed by atoms with Crippen LogP contribution in [0.5, 0.6) is 0 Å². The number of ketones is 1. The van der Waals surface area contributed by atoms with E-state index in [9.17, 15) is 32.9 Å². The molecule has 2 aromatic rings. The summed E-state index contributed by atoms with van der Waals surface area (Å²) >= 11 is 5.80. The first-order chi connectivity index (χ1) is 16.0. The van der Waals surface area contributed by atoms with Gasteiger partial charge in [0.25, 0.3) is 11.6 Å². The highest BCUT2D eigenvalue weighted by Gasteiger charge is 2.34. The van der Waals surface area contributed by atoms with Crippen LogP contribution in [0.15, 0.2) is 42.5 Å². The number of nitrogens with zero attached hydrogens (tertiary/aromatic N) is 2. The van der Waals surface area contributed by atoms with E-state index < -0.39 is 50.8 Å². The molecule has 34 heavy (non-hydrogen) atoms. The fourth-order valence-electron chi connectivity index (χ4n) is 3.76. The molecule has 0 N–H and O–H groups in total. The molecular formula is C22H21ClN2O8S. The Morgan fingerprint density at radius 2 is 1.85 bits per heavy atom. The molecule has 1 aliphatic rings. The minimum Gasteiger partial charge on any atom is -0.452 e. The highest BCUT2D eigenvalue weighted by atomic mass is 35.5. The Morgan fingerprint density at radius 1 is 1.18 bits per heavy atom. The zero-order chi connectivity index (χ0) is 25.0. The van der Waals surface area contributed by atoms with Crippen LogP contribution in [0.1, 0.15) is 39.6 Å². The Balaban J connectivity index is 1.76. The third-order valence-electron chi connectivity index (χ3n) is 5.43. The summed E-state index contributed by atoms with van der Waals surface area (Å²) in [7, 11) is -3.20. The molecule has 1 amide bonds. The van der Waals surface area contributed by atoms with Crippen LogP contribution in [-0.2, 0) is 19.4 Å². The molecular weight excluding hydrogens is 488 g/mol. The fraction of sp³-hybridized carbons (Fsp3) is 0.318. The first-order valence-corrected chi connectivity index (χ1v) is 12.5. The molecule has 0 aromatic heterocycles. The normalized spacial score (nSPS) is 16.6. The van der Waals surface area contributed by atoms with E-state index in [0.717, 1.165) is 6.07 Å². The van der Waals surface area contributed by atoms with Crippen molar-refractivity contribution in [1.82, 2.24) is 4.90 Å². The van der Waals surface area contributed by atoms with Crippen molar-refractivity contribution in [2.24, 2.45) is 0 Å². The average Bonchev–Trinajstić information content (AvgIpc) is 3.16. The fourth-order valence-corrected chi connectivity index (χ4v) is 5.67. The Kier molecular flexibility index (Phi) is 7.68. The summed E-state index contributed by atoms with van der Waals surface area (Å²) in [6.45, 7) is 1.32. The van der Waals surface area contributed by atoms with Gasteiger partial charge in [-0.25, -0.2) is 13.2 Å². The van der Waals surface area contributed by atoms with E-state index >= 15 is 0 Å². The molecule has 1 saturated heterocycles. The van der Waals surface area contributed by atoms with E-state index in [0.29, 0.717) is 6.42 Å². The van der Waals surface area contributed by atoms with Crippen LogP contribution in [0, 0.1) is 10.1 Å². The van der Waals surface area contributed by atoms with Crippen LogP contribution < -0.4 is 0 Å². The number of amides is 1. The Labute approximate surface area is 200 Å². The molecule has 0 unspecified atom stereocenters. The molecule has 0 saturated carbocycles. The molecule has 12 heteroatoms. The molecule has 180 valence electrons.